The molecule has 0 N–H and O–H groups in total. The predicted molar refractivity (Wildman–Crippen MR) is 48.6 cm³/mol. The molecule has 5 heteroatoms. The van der Waals surface area contributed by atoms with Gasteiger partial charge >= 0.3 is 0 Å². The van der Waals surface area contributed by atoms with E-state index in [1.54, 1.807) is 12.3 Å². The Kier molecular flexibility index (Phi) is 3.00. The Hall–Kier alpha value is -0.940. The summed E-state index contributed by atoms with van der Waals surface area (Å²) in [5.41, 5.74) is 1.65. The van der Waals surface area contributed by atoms with Crippen LogP contribution in [0.25, 0.3) is 0 Å². The number of nitrogens with zero attached hydrogens (tertiary/aromatic N) is 1. The highest BCUT2D eigenvalue weighted by Gasteiger charge is 2.02. The summed E-state index contributed by atoms with van der Waals surface area (Å²) in [4.78, 5) is 3.95. The maximum atomic E-state index is 10.6. The van der Waals surface area contributed by atoms with E-state index >= 15 is 0 Å². The van der Waals surface area contributed by atoms with Gasteiger partial charge in [-0.1, -0.05) is 0 Å². The first kappa shape index (κ1) is 10.1. The standard InChI is InChI=1S/C8H11NO3S/c1-7-3-4-9-8(5-7)6-12-13(2,10)11/h3-5H,6H2,1-2H3. The van der Waals surface area contributed by atoms with Crippen LogP contribution in [0.1, 0.15) is 11.3 Å². The molecule has 0 saturated heterocycles. The summed E-state index contributed by atoms with van der Waals surface area (Å²) >= 11 is 0. The lowest BCUT2D eigenvalue weighted by Gasteiger charge is -2.00. The van der Waals surface area contributed by atoms with Crippen LogP contribution in [0.15, 0.2) is 18.3 Å². The molecule has 0 amide bonds. The maximum Gasteiger partial charge on any atom is 0.264 e. The van der Waals surface area contributed by atoms with Crippen molar-refractivity contribution in [3.63, 3.8) is 0 Å². The van der Waals surface area contributed by atoms with E-state index in [1.807, 2.05) is 13.0 Å². The number of aromatic nitrogens is 1. The first-order chi connectivity index (χ1) is 5.97. The number of hydrogen-bond acceptors (Lipinski definition) is 4. The monoisotopic (exact) mass is 201 g/mol. The summed E-state index contributed by atoms with van der Waals surface area (Å²) in [5, 5.41) is 0. The van der Waals surface area contributed by atoms with E-state index in [0.29, 0.717) is 5.69 Å². The lowest BCUT2D eigenvalue weighted by Crippen LogP contribution is -2.03. The van der Waals surface area contributed by atoms with E-state index in [0.717, 1.165) is 11.8 Å². The van der Waals surface area contributed by atoms with Crippen molar-refractivity contribution in [3.05, 3.63) is 29.6 Å². The zero-order chi connectivity index (χ0) is 9.90. The van der Waals surface area contributed by atoms with E-state index in [9.17, 15) is 8.42 Å². The minimum Gasteiger partial charge on any atom is -0.264 e. The van der Waals surface area contributed by atoms with Crippen LogP contribution in [0, 0.1) is 6.92 Å². The lowest BCUT2D eigenvalue weighted by molar-refractivity contribution is 0.307. The Morgan fingerprint density at radius 1 is 1.54 bits per heavy atom. The molecular formula is C8H11NO3S. The highest BCUT2D eigenvalue weighted by molar-refractivity contribution is 7.85. The van der Waals surface area contributed by atoms with Crippen LogP contribution >= 0.6 is 0 Å². The van der Waals surface area contributed by atoms with Gasteiger partial charge in [-0.3, -0.25) is 9.17 Å². The summed E-state index contributed by atoms with van der Waals surface area (Å²) in [6.07, 6.45) is 2.64. The fourth-order valence-corrected chi connectivity index (χ4v) is 1.18. The summed E-state index contributed by atoms with van der Waals surface area (Å²) < 4.78 is 25.9. The molecule has 0 aliphatic carbocycles. The molecule has 0 aliphatic rings. The fraction of sp³-hybridized carbons (Fsp3) is 0.375. The van der Waals surface area contributed by atoms with Gasteiger partial charge in [0.25, 0.3) is 10.1 Å². The van der Waals surface area contributed by atoms with E-state index in [4.69, 9.17) is 0 Å². The molecule has 1 rings (SSSR count). The molecule has 4 nitrogen and oxygen atoms in total. The van der Waals surface area contributed by atoms with Crippen LogP contribution < -0.4 is 0 Å². The first-order valence-electron chi connectivity index (χ1n) is 3.73. The zero-order valence-electron chi connectivity index (χ0n) is 7.52. The van der Waals surface area contributed by atoms with Gasteiger partial charge in [0.1, 0.15) is 6.61 Å². The minimum absolute atomic E-state index is 0.000509. The molecule has 0 fully saturated rings. The summed E-state index contributed by atoms with van der Waals surface area (Å²) in [5.74, 6) is 0. The maximum absolute atomic E-state index is 10.6. The van der Waals surface area contributed by atoms with Crippen LogP contribution in [0.3, 0.4) is 0 Å². The Bertz CT molecular complexity index is 386. The second-order valence-corrected chi connectivity index (χ2v) is 4.43. The van der Waals surface area contributed by atoms with Crippen molar-refractivity contribution in [1.29, 1.82) is 0 Å². The Balaban J connectivity index is 2.65. The van der Waals surface area contributed by atoms with E-state index in [1.165, 1.54) is 0 Å². The van der Waals surface area contributed by atoms with Crippen molar-refractivity contribution in [2.45, 2.75) is 13.5 Å². The molecule has 0 saturated carbocycles. The van der Waals surface area contributed by atoms with Gasteiger partial charge in [0.15, 0.2) is 0 Å². The largest absolute Gasteiger partial charge is 0.264 e. The molecule has 13 heavy (non-hydrogen) atoms. The van der Waals surface area contributed by atoms with Crippen LogP contribution in [-0.2, 0) is 20.9 Å². The smallest absolute Gasteiger partial charge is 0.264 e. The van der Waals surface area contributed by atoms with Gasteiger partial charge < -0.3 is 0 Å². The van der Waals surface area contributed by atoms with Gasteiger partial charge in [0.2, 0.25) is 0 Å². The SMILES string of the molecule is Cc1ccnc(COS(C)(=O)=O)c1. The molecule has 0 radical (unpaired) electrons. The topological polar surface area (TPSA) is 56.3 Å². The third-order valence-electron chi connectivity index (χ3n) is 1.39. The van der Waals surface area contributed by atoms with Gasteiger partial charge in [-0.15, -0.1) is 0 Å². The summed E-state index contributed by atoms with van der Waals surface area (Å²) in [6, 6.07) is 3.62. The quantitative estimate of drug-likeness (QED) is 0.681. The summed E-state index contributed by atoms with van der Waals surface area (Å²) in [6.45, 7) is 1.91. The molecule has 72 valence electrons. The molecular weight excluding hydrogens is 190 g/mol. The van der Waals surface area contributed by atoms with Crippen LogP contribution in [0.2, 0.25) is 0 Å². The number of aryl methyl sites for hydroxylation is 1. The Morgan fingerprint density at radius 3 is 2.77 bits per heavy atom. The molecule has 1 heterocycles. The lowest BCUT2D eigenvalue weighted by atomic mass is 10.2. The third kappa shape index (κ3) is 4.00. The van der Waals surface area contributed by atoms with Gasteiger partial charge in [0, 0.05) is 6.20 Å². The fourth-order valence-electron chi connectivity index (χ4n) is 0.845. The highest BCUT2D eigenvalue weighted by Crippen LogP contribution is 2.02. The van der Waals surface area contributed by atoms with Crippen LogP contribution in [-0.4, -0.2) is 19.7 Å². The molecule has 0 bridgehead atoms. The van der Waals surface area contributed by atoms with Gasteiger partial charge in [-0.2, -0.15) is 8.42 Å². The average molecular weight is 201 g/mol. The van der Waals surface area contributed by atoms with Crippen molar-refractivity contribution in [3.8, 4) is 0 Å². The minimum atomic E-state index is -3.38. The summed E-state index contributed by atoms with van der Waals surface area (Å²) in [7, 11) is -3.38. The predicted octanol–water partition coefficient (Wildman–Crippen LogP) is 0.866. The molecule has 0 unspecified atom stereocenters. The molecule has 0 spiro atoms. The van der Waals surface area contributed by atoms with Gasteiger partial charge in [-0.05, 0) is 24.6 Å². The number of rotatable bonds is 3. The number of hydrogen-bond donors (Lipinski definition) is 0. The van der Waals surface area contributed by atoms with Crippen molar-refractivity contribution in [1.82, 2.24) is 4.98 Å². The molecule has 1 aromatic heterocycles. The molecule has 0 atom stereocenters. The van der Waals surface area contributed by atoms with Crippen molar-refractivity contribution in [2.24, 2.45) is 0 Å². The third-order valence-corrected chi connectivity index (χ3v) is 1.94. The second kappa shape index (κ2) is 3.85. The number of pyridine rings is 1. The Morgan fingerprint density at radius 2 is 2.23 bits per heavy atom. The van der Waals surface area contributed by atoms with Crippen LogP contribution in [0.5, 0.6) is 0 Å². The van der Waals surface area contributed by atoms with E-state index < -0.39 is 10.1 Å². The van der Waals surface area contributed by atoms with Crippen molar-refractivity contribution in [2.75, 3.05) is 6.26 Å². The first-order valence-corrected chi connectivity index (χ1v) is 5.55. The van der Waals surface area contributed by atoms with Gasteiger partial charge in [0.05, 0.1) is 11.9 Å². The highest BCUT2D eigenvalue weighted by atomic mass is 32.2. The van der Waals surface area contributed by atoms with Crippen molar-refractivity contribution < 1.29 is 12.6 Å². The van der Waals surface area contributed by atoms with Crippen LogP contribution in [0.4, 0.5) is 0 Å². The van der Waals surface area contributed by atoms with E-state index in [2.05, 4.69) is 9.17 Å². The molecule has 0 aliphatic heterocycles. The normalized spacial score (nSPS) is 11.5. The average Bonchev–Trinajstić information content (AvgIpc) is 2.00. The Labute approximate surface area is 77.7 Å². The van der Waals surface area contributed by atoms with E-state index in [-0.39, 0.29) is 6.61 Å². The molecule has 0 aromatic carbocycles. The van der Waals surface area contributed by atoms with Crippen molar-refractivity contribution >= 4 is 10.1 Å². The van der Waals surface area contributed by atoms with Gasteiger partial charge in [-0.25, -0.2) is 0 Å². The molecule has 1 aromatic rings. The second-order valence-electron chi connectivity index (χ2n) is 2.79. The zero-order valence-corrected chi connectivity index (χ0v) is 8.34.